The van der Waals surface area contributed by atoms with Crippen molar-refractivity contribution < 1.29 is 8.78 Å². The zero-order valence-corrected chi connectivity index (χ0v) is 16.9. The van der Waals surface area contributed by atoms with E-state index in [1.807, 2.05) is 6.07 Å². The second-order valence-corrected chi connectivity index (χ2v) is 8.73. The van der Waals surface area contributed by atoms with E-state index in [1.54, 1.807) is 13.0 Å². The van der Waals surface area contributed by atoms with Crippen LogP contribution >= 0.6 is 11.6 Å². The number of rotatable bonds is 5. The van der Waals surface area contributed by atoms with E-state index in [2.05, 4.69) is 13.0 Å². The minimum absolute atomic E-state index is 0.346. The third-order valence-electron chi connectivity index (χ3n) is 6.60. The van der Waals surface area contributed by atoms with Crippen molar-refractivity contribution in [3.05, 3.63) is 46.0 Å². The van der Waals surface area contributed by atoms with Crippen LogP contribution in [0.1, 0.15) is 75.3 Å². The molecule has 2 aliphatic carbocycles. The van der Waals surface area contributed by atoms with Crippen LogP contribution in [0.5, 0.6) is 0 Å². The van der Waals surface area contributed by atoms with Gasteiger partial charge in [0.25, 0.3) is 0 Å². The summed E-state index contributed by atoms with van der Waals surface area (Å²) in [6.45, 7) is 3.85. The van der Waals surface area contributed by atoms with Crippen molar-refractivity contribution in [1.82, 2.24) is 0 Å². The molecule has 27 heavy (non-hydrogen) atoms. The van der Waals surface area contributed by atoms with Gasteiger partial charge in [-0.1, -0.05) is 56.3 Å². The Hall–Kier alpha value is -1.41. The van der Waals surface area contributed by atoms with Crippen LogP contribution in [0.25, 0.3) is 22.3 Å². The van der Waals surface area contributed by atoms with Crippen molar-refractivity contribution in [2.45, 2.75) is 71.1 Å². The highest BCUT2D eigenvalue weighted by molar-refractivity contribution is 6.36. The molecule has 0 unspecified atom stereocenters. The number of hydrogen-bond donors (Lipinski definition) is 0. The minimum atomic E-state index is -0.756. The van der Waals surface area contributed by atoms with Crippen LogP contribution in [0.4, 0.5) is 8.78 Å². The zero-order chi connectivity index (χ0) is 19.1. The molecule has 144 valence electrons. The first-order valence-electron chi connectivity index (χ1n) is 10.3. The summed E-state index contributed by atoms with van der Waals surface area (Å²) in [5, 5.41) is 0.636. The lowest BCUT2D eigenvalue weighted by Gasteiger charge is -2.32. The van der Waals surface area contributed by atoms with Crippen molar-refractivity contribution in [3.8, 4) is 22.3 Å². The molecule has 0 bridgehead atoms. The fraction of sp³-hybridized carbons (Fsp3) is 0.500. The Bertz CT molecular complexity index is 863. The average molecular weight is 389 g/mol. The van der Waals surface area contributed by atoms with E-state index in [9.17, 15) is 8.78 Å². The van der Waals surface area contributed by atoms with Crippen molar-refractivity contribution in [2.75, 3.05) is 0 Å². The van der Waals surface area contributed by atoms with Gasteiger partial charge in [-0.05, 0) is 72.8 Å². The second kappa shape index (κ2) is 7.54. The van der Waals surface area contributed by atoms with E-state index in [0.29, 0.717) is 27.6 Å². The number of benzene rings is 2. The number of fused-ring (bicyclic) bond motifs is 4. The van der Waals surface area contributed by atoms with Crippen LogP contribution in [0.2, 0.25) is 5.02 Å². The van der Waals surface area contributed by atoms with Crippen molar-refractivity contribution in [1.29, 1.82) is 0 Å². The lowest BCUT2D eigenvalue weighted by atomic mass is 9.73. The smallest absolute Gasteiger partial charge is 0.167 e. The van der Waals surface area contributed by atoms with E-state index in [4.69, 9.17) is 11.6 Å². The van der Waals surface area contributed by atoms with E-state index in [0.717, 1.165) is 35.4 Å². The maximum atomic E-state index is 14.5. The largest absolute Gasteiger partial charge is 0.203 e. The van der Waals surface area contributed by atoms with Gasteiger partial charge in [-0.2, -0.15) is 0 Å². The summed E-state index contributed by atoms with van der Waals surface area (Å²) < 4.78 is 28.5. The molecule has 2 aromatic carbocycles. The molecule has 1 saturated carbocycles. The fourth-order valence-electron chi connectivity index (χ4n) is 4.97. The Labute approximate surface area is 165 Å². The predicted molar refractivity (Wildman–Crippen MR) is 109 cm³/mol. The summed E-state index contributed by atoms with van der Waals surface area (Å²) in [7, 11) is 0. The summed E-state index contributed by atoms with van der Waals surface area (Å²) in [6, 6.07) is 5.89. The van der Waals surface area contributed by atoms with Crippen LogP contribution < -0.4 is 0 Å². The van der Waals surface area contributed by atoms with Gasteiger partial charge in [0.2, 0.25) is 0 Å². The molecule has 2 aromatic rings. The summed E-state index contributed by atoms with van der Waals surface area (Å²) in [5.74, 6) is -0.231. The first kappa shape index (κ1) is 18.9. The molecule has 0 atom stereocenters. The maximum Gasteiger partial charge on any atom is 0.167 e. The van der Waals surface area contributed by atoms with E-state index < -0.39 is 11.6 Å². The standard InChI is InChI=1S/C24H27ClF2/c1-3-4-5-6-15-7-9-16(10-8-15)17-11-12-18-19-13-14(2)23(26)24(27)21(19)20(18)22(17)25/h11-13,15-16H,3-10H2,1-2H3. The molecule has 0 radical (unpaired) electrons. The molecule has 0 aromatic heterocycles. The van der Waals surface area contributed by atoms with Crippen LogP contribution in [0.15, 0.2) is 18.2 Å². The third kappa shape index (κ3) is 3.20. The van der Waals surface area contributed by atoms with E-state index >= 15 is 0 Å². The quantitative estimate of drug-likeness (QED) is 0.384. The van der Waals surface area contributed by atoms with Gasteiger partial charge >= 0.3 is 0 Å². The Kier molecular flexibility index (Phi) is 5.29. The molecule has 0 N–H and O–H groups in total. The van der Waals surface area contributed by atoms with Gasteiger partial charge in [0.15, 0.2) is 11.6 Å². The SMILES string of the molecule is CCCCCC1CCC(c2ccc3c(c2Cl)-c2c-3cc(C)c(F)c2F)CC1. The number of hydrogen-bond acceptors (Lipinski definition) is 0. The molecule has 0 nitrogen and oxygen atoms in total. The number of unbranched alkanes of at least 4 members (excludes halogenated alkanes) is 2. The van der Waals surface area contributed by atoms with Crippen molar-refractivity contribution in [2.24, 2.45) is 5.92 Å². The predicted octanol–water partition coefficient (Wildman–Crippen LogP) is 8.43. The maximum absolute atomic E-state index is 14.5. The zero-order valence-electron chi connectivity index (χ0n) is 16.2. The molecule has 0 saturated heterocycles. The summed E-state index contributed by atoms with van der Waals surface area (Å²) in [4.78, 5) is 0. The van der Waals surface area contributed by atoms with Crippen LogP contribution in [0.3, 0.4) is 0 Å². The molecule has 0 aliphatic heterocycles. The molecule has 3 heteroatoms. The molecule has 1 fully saturated rings. The number of aryl methyl sites for hydroxylation is 1. The molecule has 0 spiro atoms. The topological polar surface area (TPSA) is 0 Å². The molecule has 2 aliphatic rings. The third-order valence-corrected chi connectivity index (χ3v) is 7.01. The lowest BCUT2D eigenvalue weighted by molar-refractivity contribution is 0.303. The molecule has 0 amide bonds. The number of halogens is 3. The molecular weight excluding hydrogens is 362 g/mol. The Morgan fingerprint density at radius 1 is 0.963 bits per heavy atom. The Balaban J connectivity index is 1.54. The summed E-state index contributed by atoms with van der Waals surface area (Å²) in [6.07, 6.45) is 10.1. The highest BCUT2D eigenvalue weighted by Gasteiger charge is 2.34. The average Bonchev–Trinajstić information content (AvgIpc) is 2.66. The van der Waals surface area contributed by atoms with Gasteiger partial charge in [-0.25, -0.2) is 8.78 Å². The normalized spacial score (nSPS) is 20.8. The van der Waals surface area contributed by atoms with Gasteiger partial charge in [0, 0.05) is 11.1 Å². The lowest BCUT2D eigenvalue weighted by Crippen LogP contribution is -2.15. The van der Waals surface area contributed by atoms with Crippen LogP contribution in [-0.4, -0.2) is 0 Å². The Morgan fingerprint density at radius 3 is 2.41 bits per heavy atom. The molecule has 0 heterocycles. The summed E-state index contributed by atoms with van der Waals surface area (Å²) in [5.41, 5.74) is 4.29. The monoisotopic (exact) mass is 388 g/mol. The van der Waals surface area contributed by atoms with Gasteiger partial charge in [-0.15, -0.1) is 0 Å². The van der Waals surface area contributed by atoms with Crippen molar-refractivity contribution >= 4 is 11.6 Å². The molecule has 4 rings (SSSR count). The highest BCUT2D eigenvalue weighted by Crippen LogP contribution is 2.55. The van der Waals surface area contributed by atoms with Gasteiger partial charge < -0.3 is 0 Å². The summed E-state index contributed by atoms with van der Waals surface area (Å²) >= 11 is 6.72. The van der Waals surface area contributed by atoms with Crippen molar-refractivity contribution in [3.63, 3.8) is 0 Å². The first-order chi connectivity index (χ1) is 13.0. The van der Waals surface area contributed by atoms with Gasteiger partial charge in [0.05, 0.1) is 5.02 Å². The van der Waals surface area contributed by atoms with E-state index in [1.165, 1.54) is 38.5 Å². The second-order valence-electron chi connectivity index (χ2n) is 8.35. The molecular formula is C24H27ClF2. The van der Waals surface area contributed by atoms with Gasteiger partial charge in [-0.3, -0.25) is 0 Å². The van der Waals surface area contributed by atoms with Gasteiger partial charge in [0.1, 0.15) is 0 Å². The first-order valence-corrected chi connectivity index (χ1v) is 10.7. The van der Waals surface area contributed by atoms with Crippen LogP contribution in [-0.2, 0) is 0 Å². The highest BCUT2D eigenvalue weighted by atomic mass is 35.5. The van der Waals surface area contributed by atoms with E-state index in [-0.39, 0.29) is 0 Å². The minimum Gasteiger partial charge on any atom is -0.203 e. The fourth-order valence-corrected chi connectivity index (χ4v) is 5.38. The van der Waals surface area contributed by atoms with Crippen LogP contribution in [0, 0.1) is 24.5 Å². The Morgan fingerprint density at radius 2 is 1.70 bits per heavy atom.